The van der Waals surface area contributed by atoms with Crippen LogP contribution in [0.5, 0.6) is 5.75 Å². The van der Waals surface area contributed by atoms with E-state index in [1.807, 2.05) is 24.3 Å². The first-order valence-electron chi connectivity index (χ1n) is 7.28. The van der Waals surface area contributed by atoms with Crippen LogP contribution in [0.2, 0.25) is 0 Å². The third-order valence-corrected chi connectivity index (χ3v) is 3.97. The molecule has 0 N–H and O–H groups in total. The van der Waals surface area contributed by atoms with Crippen LogP contribution in [0.3, 0.4) is 0 Å². The lowest BCUT2D eigenvalue weighted by atomic mass is 10.0. The Morgan fingerprint density at radius 3 is 2.27 bits per heavy atom. The van der Waals surface area contributed by atoms with Crippen molar-refractivity contribution in [3.05, 3.63) is 72.8 Å². The molecule has 2 heteroatoms. The second-order valence-corrected chi connectivity index (χ2v) is 5.28. The molecule has 3 aromatic carbocycles. The Kier molecular flexibility index (Phi) is 3.01. The van der Waals surface area contributed by atoms with Crippen LogP contribution >= 0.6 is 0 Å². The highest BCUT2D eigenvalue weighted by Gasteiger charge is 2.05. The number of methoxy groups -OCH3 is 1. The first-order chi connectivity index (χ1) is 10.8. The lowest BCUT2D eigenvalue weighted by molar-refractivity contribution is 0.415. The summed E-state index contributed by atoms with van der Waals surface area (Å²) in [6, 6.07) is 24.8. The van der Waals surface area contributed by atoms with Gasteiger partial charge in [0.1, 0.15) is 5.75 Å². The van der Waals surface area contributed by atoms with E-state index in [1.165, 1.54) is 10.8 Å². The van der Waals surface area contributed by atoms with Crippen molar-refractivity contribution in [1.82, 2.24) is 4.98 Å². The monoisotopic (exact) mass is 285 g/mol. The average Bonchev–Trinajstić information content (AvgIpc) is 2.61. The number of hydrogen-bond donors (Lipinski definition) is 0. The Bertz CT molecular complexity index is 958. The Morgan fingerprint density at radius 1 is 0.727 bits per heavy atom. The minimum absolute atomic E-state index is 0.856. The standard InChI is InChI=1S/C20H15NO/c1-22-17-11-8-15(9-12-17)19-13-10-16-7-6-14-4-2-3-5-18(14)20(16)21-19/h2-13H,1H3. The number of benzene rings is 3. The fourth-order valence-corrected chi connectivity index (χ4v) is 2.78. The summed E-state index contributed by atoms with van der Waals surface area (Å²) >= 11 is 0. The predicted molar refractivity (Wildman–Crippen MR) is 91.2 cm³/mol. The van der Waals surface area contributed by atoms with Gasteiger partial charge >= 0.3 is 0 Å². The summed E-state index contributed by atoms with van der Waals surface area (Å²) in [6.45, 7) is 0. The van der Waals surface area contributed by atoms with Gasteiger partial charge in [0.25, 0.3) is 0 Å². The normalized spacial score (nSPS) is 11.0. The molecule has 0 aliphatic heterocycles. The molecule has 0 aliphatic carbocycles. The first kappa shape index (κ1) is 12.8. The summed E-state index contributed by atoms with van der Waals surface area (Å²) in [5.74, 6) is 0.856. The minimum atomic E-state index is 0.856. The lowest BCUT2D eigenvalue weighted by Crippen LogP contribution is -1.87. The molecule has 0 unspecified atom stereocenters. The maximum absolute atomic E-state index is 5.21. The number of ether oxygens (including phenoxy) is 1. The molecule has 0 radical (unpaired) electrons. The second-order valence-electron chi connectivity index (χ2n) is 5.28. The van der Waals surface area contributed by atoms with Crippen LogP contribution < -0.4 is 4.74 Å². The van der Waals surface area contributed by atoms with Crippen LogP contribution in [0.1, 0.15) is 0 Å². The fourth-order valence-electron chi connectivity index (χ4n) is 2.78. The Balaban J connectivity index is 1.93. The average molecular weight is 285 g/mol. The van der Waals surface area contributed by atoms with E-state index < -0.39 is 0 Å². The Hall–Kier alpha value is -2.87. The Morgan fingerprint density at radius 2 is 1.45 bits per heavy atom. The van der Waals surface area contributed by atoms with Gasteiger partial charge in [-0.25, -0.2) is 4.98 Å². The molecule has 22 heavy (non-hydrogen) atoms. The zero-order valence-corrected chi connectivity index (χ0v) is 12.3. The van der Waals surface area contributed by atoms with Crippen LogP contribution in [-0.2, 0) is 0 Å². The van der Waals surface area contributed by atoms with E-state index in [0.29, 0.717) is 0 Å². The van der Waals surface area contributed by atoms with Gasteiger partial charge in [0.15, 0.2) is 0 Å². The number of pyridine rings is 1. The van der Waals surface area contributed by atoms with Gasteiger partial charge in [0.2, 0.25) is 0 Å². The third-order valence-electron chi connectivity index (χ3n) is 3.97. The molecule has 106 valence electrons. The summed E-state index contributed by atoms with van der Waals surface area (Å²) < 4.78 is 5.21. The molecule has 4 aromatic rings. The largest absolute Gasteiger partial charge is 0.497 e. The van der Waals surface area contributed by atoms with Crippen molar-refractivity contribution in [1.29, 1.82) is 0 Å². The molecule has 0 bridgehead atoms. The molecule has 0 atom stereocenters. The van der Waals surface area contributed by atoms with Crippen LogP contribution in [-0.4, -0.2) is 12.1 Å². The van der Waals surface area contributed by atoms with E-state index in [2.05, 4.69) is 48.5 Å². The van der Waals surface area contributed by atoms with Gasteiger partial charge in [0, 0.05) is 16.3 Å². The van der Waals surface area contributed by atoms with E-state index in [9.17, 15) is 0 Å². The molecule has 0 saturated heterocycles. The van der Waals surface area contributed by atoms with Gasteiger partial charge in [0.05, 0.1) is 18.3 Å². The number of nitrogens with zero attached hydrogens (tertiary/aromatic N) is 1. The van der Waals surface area contributed by atoms with Gasteiger partial charge in [-0.15, -0.1) is 0 Å². The summed E-state index contributed by atoms with van der Waals surface area (Å²) in [7, 11) is 1.68. The van der Waals surface area contributed by atoms with Crippen molar-refractivity contribution >= 4 is 21.7 Å². The fraction of sp³-hybridized carbons (Fsp3) is 0.0500. The minimum Gasteiger partial charge on any atom is -0.497 e. The summed E-state index contributed by atoms with van der Waals surface area (Å²) in [5, 5.41) is 3.57. The van der Waals surface area contributed by atoms with E-state index in [1.54, 1.807) is 7.11 Å². The number of hydrogen-bond acceptors (Lipinski definition) is 2. The lowest BCUT2D eigenvalue weighted by Gasteiger charge is -2.07. The van der Waals surface area contributed by atoms with Gasteiger partial charge in [-0.05, 0) is 35.7 Å². The molecule has 0 saturated carbocycles. The highest BCUT2D eigenvalue weighted by Crippen LogP contribution is 2.27. The van der Waals surface area contributed by atoms with Crippen molar-refractivity contribution < 1.29 is 4.74 Å². The molecular weight excluding hydrogens is 270 g/mol. The van der Waals surface area contributed by atoms with Crippen molar-refractivity contribution in [2.75, 3.05) is 7.11 Å². The molecule has 1 heterocycles. The maximum Gasteiger partial charge on any atom is 0.118 e. The Labute approximate surface area is 129 Å². The van der Waals surface area contributed by atoms with Crippen molar-refractivity contribution in [2.45, 2.75) is 0 Å². The highest BCUT2D eigenvalue weighted by molar-refractivity contribution is 6.05. The van der Waals surface area contributed by atoms with Gasteiger partial charge < -0.3 is 4.74 Å². The van der Waals surface area contributed by atoms with E-state index in [4.69, 9.17) is 9.72 Å². The smallest absolute Gasteiger partial charge is 0.118 e. The first-order valence-corrected chi connectivity index (χ1v) is 7.28. The number of rotatable bonds is 2. The molecular formula is C20H15NO. The molecule has 0 fully saturated rings. The summed E-state index contributed by atoms with van der Waals surface area (Å²) in [6.07, 6.45) is 0. The van der Waals surface area contributed by atoms with Crippen LogP contribution in [0.15, 0.2) is 72.8 Å². The predicted octanol–water partition coefficient (Wildman–Crippen LogP) is 5.06. The molecule has 0 aliphatic rings. The van der Waals surface area contributed by atoms with Crippen LogP contribution in [0.25, 0.3) is 32.9 Å². The molecule has 1 aromatic heterocycles. The summed E-state index contributed by atoms with van der Waals surface area (Å²) in [5.41, 5.74) is 3.12. The molecule has 0 spiro atoms. The second kappa shape index (κ2) is 5.15. The highest BCUT2D eigenvalue weighted by atomic mass is 16.5. The topological polar surface area (TPSA) is 22.1 Å². The SMILES string of the molecule is COc1ccc(-c2ccc3ccc4ccccc4c3n2)cc1. The quantitative estimate of drug-likeness (QED) is 0.480. The van der Waals surface area contributed by atoms with Crippen LogP contribution in [0, 0.1) is 0 Å². The number of fused-ring (bicyclic) bond motifs is 3. The molecule has 0 amide bonds. The van der Waals surface area contributed by atoms with E-state index in [-0.39, 0.29) is 0 Å². The van der Waals surface area contributed by atoms with Crippen LogP contribution in [0.4, 0.5) is 0 Å². The van der Waals surface area contributed by atoms with Crippen molar-refractivity contribution in [3.63, 3.8) is 0 Å². The van der Waals surface area contributed by atoms with Gasteiger partial charge in [-0.2, -0.15) is 0 Å². The zero-order valence-electron chi connectivity index (χ0n) is 12.3. The van der Waals surface area contributed by atoms with Crippen molar-refractivity contribution in [2.24, 2.45) is 0 Å². The molecule has 4 rings (SSSR count). The van der Waals surface area contributed by atoms with Gasteiger partial charge in [-0.1, -0.05) is 42.5 Å². The zero-order chi connectivity index (χ0) is 14.9. The third kappa shape index (κ3) is 2.09. The number of aromatic nitrogens is 1. The van der Waals surface area contributed by atoms with Crippen molar-refractivity contribution in [3.8, 4) is 17.0 Å². The van der Waals surface area contributed by atoms with Gasteiger partial charge in [-0.3, -0.25) is 0 Å². The summed E-state index contributed by atoms with van der Waals surface area (Å²) in [4.78, 5) is 4.89. The maximum atomic E-state index is 5.21. The van der Waals surface area contributed by atoms with E-state index in [0.717, 1.165) is 27.9 Å². The van der Waals surface area contributed by atoms with E-state index >= 15 is 0 Å². The molecule has 2 nitrogen and oxygen atoms in total.